The minimum Gasteiger partial charge on any atom is -0.360 e. The third-order valence-corrected chi connectivity index (χ3v) is 7.34. The summed E-state index contributed by atoms with van der Waals surface area (Å²) >= 11 is 1.74. The maximum absolute atomic E-state index is 13.5. The Morgan fingerprint density at radius 1 is 1.11 bits per heavy atom. The molecular weight excluding hydrogens is 472 g/mol. The summed E-state index contributed by atoms with van der Waals surface area (Å²) in [5, 5.41) is 3.17. The molecule has 0 saturated heterocycles. The second kappa shape index (κ2) is 10.3. The van der Waals surface area contributed by atoms with E-state index in [0.29, 0.717) is 29.5 Å². The van der Waals surface area contributed by atoms with Gasteiger partial charge in [-0.05, 0) is 51.5 Å². The lowest BCUT2D eigenvalue weighted by atomic mass is 9.80. The van der Waals surface area contributed by atoms with Crippen molar-refractivity contribution in [3.05, 3.63) is 58.3 Å². The van der Waals surface area contributed by atoms with E-state index in [4.69, 9.17) is 4.98 Å². The van der Waals surface area contributed by atoms with Gasteiger partial charge in [0.2, 0.25) is 0 Å². The molecule has 4 aromatic heterocycles. The van der Waals surface area contributed by atoms with Gasteiger partial charge in [0.05, 0.1) is 35.4 Å². The summed E-state index contributed by atoms with van der Waals surface area (Å²) in [6, 6.07) is 3.89. The van der Waals surface area contributed by atoms with Crippen LogP contribution >= 0.6 is 11.8 Å². The molecule has 4 aromatic rings. The SMILES string of the molecule is CCSc1ccc(CNc2nc3cnc(-c4c(C)ncnc4C4CCC4)nc3n(C(C)C)c2=O)nc1. The van der Waals surface area contributed by atoms with Crippen molar-refractivity contribution in [2.75, 3.05) is 11.1 Å². The van der Waals surface area contributed by atoms with E-state index < -0.39 is 0 Å². The van der Waals surface area contributed by atoms with Crippen molar-refractivity contribution in [2.45, 2.75) is 70.4 Å². The number of fused-ring (bicyclic) bond motifs is 1. The van der Waals surface area contributed by atoms with E-state index in [1.54, 1.807) is 28.9 Å². The summed E-state index contributed by atoms with van der Waals surface area (Å²) in [7, 11) is 0. The van der Waals surface area contributed by atoms with Crippen LogP contribution in [-0.4, -0.2) is 40.2 Å². The molecule has 4 heterocycles. The van der Waals surface area contributed by atoms with Crippen LogP contribution in [0.25, 0.3) is 22.6 Å². The molecule has 1 fully saturated rings. The number of nitrogens with one attached hydrogen (secondary N) is 1. The molecule has 10 heteroatoms. The highest BCUT2D eigenvalue weighted by atomic mass is 32.2. The molecule has 0 atom stereocenters. The number of hydrogen-bond donors (Lipinski definition) is 1. The predicted molar refractivity (Wildman–Crippen MR) is 142 cm³/mol. The van der Waals surface area contributed by atoms with E-state index in [9.17, 15) is 4.79 Å². The minimum absolute atomic E-state index is 0.117. The van der Waals surface area contributed by atoms with Crippen LogP contribution in [0.5, 0.6) is 0 Å². The average molecular weight is 503 g/mol. The maximum Gasteiger partial charge on any atom is 0.295 e. The molecule has 36 heavy (non-hydrogen) atoms. The van der Waals surface area contributed by atoms with Crippen LogP contribution in [0.2, 0.25) is 0 Å². The van der Waals surface area contributed by atoms with Crippen molar-refractivity contribution in [3.63, 3.8) is 0 Å². The number of pyridine rings is 1. The first kappa shape index (κ1) is 24.3. The Hall–Kier alpha value is -3.40. The first-order chi connectivity index (χ1) is 17.5. The van der Waals surface area contributed by atoms with Gasteiger partial charge < -0.3 is 5.32 Å². The van der Waals surface area contributed by atoms with E-state index in [2.05, 4.69) is 37.2 Å². The van der Waals surface area contributed by atoms with Crippen molar-refractivity contribution in [1.29, 1.82) is 0 Å². The number of thioether (sulfide) groups is 1. The van der Waals surface area contributed by atoms with Crippen molar-refractivity contribution in [2.24, 2.45) is 0 Å². The lowest BCUT2D eigenvalue weighted by molar-refractivity contribution is 0.411. The van der Waals surface area contributed by atoms with Crippen LogP contribution in [0.3, 0.4) is 0 Å². The third-order valence-electron chi connectivity index (χ3n) is 6.48. The molecule has 186 valence electrons. The van der Waals surface area contributed by atoms with Crippen LogP contribution in [-0.2, 0) is 6.54 Å². The first-order valence-corrected chi connectivity index (χ1v) is 13.4. The van der Waals surface area contributed by atoms with Gasteiger partial charge in [0, 0.05) is 23.1 Å². The van der Waals surface area contributed by atoms with Crippen LogP contribution in [0.15, 0.2) is 40.5 Å². The van der Waals surface area contributed by atoms with Crippen molar-refractivity contribution < 1.29 is 0 Å². The first-order valence-electron chi connectivity index (χ1n) is 12.4. The smallest absolute Gasteiger partial charge is 0.295 e. The zero-order valence-corrected chi connectivity index (χ0v) is 21.8. The topological polar surface area (TPSA) is 111 Å². The Labute approximate surface area is 214 Å². The van der Waals surface area contributed by atoms with Crippen LogP contribution in [0.1, 0.15) is 69.1 Å². The van der Waals surface area contributed by atoms with Crippen molar-refractivity contribution in [3.8, 4) is 11.4 Å². The van der Waals surface area contributed by atoms with E-state index in [1.165, 1.54) is 6.42 Å². The fourth-order valence-corrected chi connectivity index (χ4v) is 5.04. The molecule has 5 rings (SSSR count). The largest absolute Gasteiger partial charge is 0.360 e. The lowest BCUT2D eigenvalue weighted by Gasteiger charge is -2.26. The molecule has 1 aliphatic carbocycles. The fraction of sp³-hybridized carbons (Fsp3) is 0.423. The van der Waals surface area contributed by atoms with Crippen molar-refractivity contribution >= 4 is 28.7 Å². The highest BCUT2D eigenvalue weighted by Gasteiger charge is 2.27. The summed E-state index contributed by atoms with van der Waals surface area (Å²) in [6.07, 6.45) is 8.58. The Kier molecular flexibility index (Phi) is 6.95. The molecule has 0 unspecified atom stereocenters. The minimum atomic E-state index is -0.222. The van der Waals surface area contributed by atoms with Crippen molar-refractivity contribution in [1.82, 2.24) is 34.5 Å². The molecule has 9 nitrogen and oxygen atoms in total. The standard InChI is InChI=1S/C26H30N8OS/c1-5-36-19-10-9-18(27-12-19)11-28-24-26(35)34(15(2)3)25-20(32-24)13-29-23(33-25)21-16(4)30-14-31-22(21)17-7-6-8-17/h9-10,12-15,17H,5-8,11H2,1-4H3,(H,28,32). The van der Waals surface area contributed by atoms with Gasteiger partial charge in [-0.15, -0.1) is 11.8 Å². The summed E-state index contributed by atoms with van der Waals surface area (Å²) in [5.74, 6) is 2.20. The number of nitrogens with zero attached hydrogens (tertiary/aromatic N) is 7. The maximum atomic E-state index is 13.5. The lowest BCUT2D eigenvalue weighted by Crippen LogP contribution is -2.27. The van der Waals surface area contributed by atoms with Crippen LogP contribution in [0.4, 0.5) is 5.82 Å². The number of hydrogen-bond acceptors (Lipinski definition) is 9. The number of aryl methyl sites for hydroxylation is 1. The molecule has 0 aromatic carbocycles. The predicted octanol–water partition coefficient (Wildman–Crippen LogP) is 4.92. The van der Waals surface area contributed by atoms with E-state index >= 15 is 0 Å². The van der Waals surface area contributed by atoms with Crippen LogP contribution < -0.4 is 10.9 Å². The molecule has 0 amide bonds. The zero-order valence-electron chi connectivity index (χ0n) is 21.0. The highest BCUT2D eigenvalue weighted by molar-refractivity contribution is 7.99. The second-order valence-electron chi connectivity index (χ2n) is 9.25. The van der Waals surface area contributed by atoms with E-state index in [1.807, 2.05) is 39.1 Å². The second-order valence-corrected chi connectivity index (χ2v) is 10.6. The Balaban J connectivity index is 1.52. The van der Waals surface area contributed by atoms with Gasteiger partial charge in [0.15, 0.2) is 17.3 Å². The highest BCUT2D eigenvalue weighted by Crippen LogP contribution is 2.40. The molecule has 0 radical (unpaired) electrons. The Bertz CT molecular complexity index is 1450. The molecule has 0 spiro atoms. The molecule has 1 saturated carbocycles. The van der Waals surface area contributed by atoms with Gasteiger partial charge in [0.25, 0.3) is 5.56 Å². The number of aromatic nitrogens is 7. The summed E-state index contributed by atoms with van der Waals surface area (Å²) in [6.45, 7) is 8.39. The van der Waals surface area contributed by atoms with Gasteiger partial charge in [-0.3, -0.25) is 14.3 Å². The number of rotatable bonds is 8. The third kappa shape index (κ3) is 4.69. The quantitative estimate of drug-likeness (QED) is 0.336. The number of anilines is 1. The summed E-state index contributed by atoms with van der Waals surface area (Å²) < 4.78 is 1.67. The molecule has 1 aliphatic rings. The monoisotopic (exact) mass is 502 g/mol. The van der Waals surface area contributed by atoms with Gasteiger partial charge in [-0.2, -0.15) is 0 Å². The molecule has 1 N–H and O–H groups in total. The molecule has 0 bridgehead atoms. The van der Waals surface area contributed by atoms with Crippen LogP contribution in [0, 0.1) is 6.92 Å². The van der Waals surface area contributed by atoms with Gasteiger partial charge >= 0.3 is 0 Å². The summed E-state index contributed by atoms with van der Waals surface area (Å²) in [5.41, 5.74) is 4.37. The normalized spacial score (nSPS) is 13.8. The van der Waals surface area contributed by atoms with Gasteiger partial charge in [-0.25, -0.2) is 24.9 Å². The Morgan fingerprint density at radius 2 is 1.94 bits per heavy atom. The zero-order chi connectivity index (χ0) is 25.2. The van der Waals surface area contributed by atoms with Gasteiger partial charge in [0.1, 0.15) is 11.8 Å². The summed E-state index contributed by atoms with van der Waals surface area (Å²) in [4.78, 5) is 42.1. The average Bonchev–Trinajstić information content (AvgIpc) is 2.82. The van der Waals surface area contributed by atoms with Gasteiger partial charge in [-0.1, -0.05) is 13.3 Å². The fourth-order valence-electron chi connectivity index (χ4n) is 4.42. The Morgan fingerprint density at radius 3 is 2.61 bits per heavy atom. The van der Waals surface area contributed by atoms with E-state index in [-0.39, 0.29) is 17.4 Å². The molecular formula is C26H30N8OS. The van der Waals surface area contributed by atoms with E-state index in [0.717, 1.165) is 46.1 Å². The molecule has 0 aliphatic heterocycles.